The average Bonchev–Trinajstić information content (AvgIpc) is 3.24. The number of likely N-dealkylation sites (tertiary alicyclic amines) is 1. The van der Waals surface area contributed by atoms with E-state index in [9.17, 15) is 14.9 Å². The Morgan fingerprint density at radius 1 is 1.31 bits per heavy atom. The lowest BCUT2D eigenvalue weighted by Gasteiger charge is -2.31. The number of hydrogen-bond acceptors (Lipinski definition) is 7. The zero-order valence-corrected chi connectivity index (χ0v) is 18.2. The fraction of sp³-hybridized carbons (Fsp3) is 0.318. The van der Waals surface area contributed by atoms with Crippen molar-refractivity contribution in [2.24, 2.45) is 5.92 Å². The van der Waals surface area contributed by atoms with Gasteiger partial charge in [0, 0.05) is 29.3 Å². The van der Waals surface area contributed by atoms with Crippen molar-refractivity contribution in [2.75, 3.05) is 18.4 Å². The first-order valence-electron chi connectivity index (χ1n) is 10.3. The molecule has 1 saturated heterocycles. The number of hydrogen-bond donors (Lipinski definition) is 1. The molecule has 1 aliphatic heterocycles. The molecule has 10 heteroatoms. The minimum atomic E-state index is -0.472. The molecule has 0 bridgehead atoms. The number of nitro groups is 1. The third-order valence-corrected chi connectivity index (χ3v) is 5.75. The summed E-state index contributed by atoms with van der Waals surface area (Å²) in [7, 11) is 0. The van der Waals surface area contributed by atoms with E-state index in [0.29, 0.717) is 35.5 Å². The van der Waals surface area contributed by atoms with Crippen LogP contribution in [0.1, 0.15) is 24.3 Å². The molecular formula is C22H22ClN5O4. The second-order valence-corrected chi connectivity index (χ2v) is 8.27. The molecule has 1 amide bonds. The number of piperidine rings is 1. The van der Waals surface area contributed by atoms with E-state index in [2.05, 4.69) is 20.4 Å². The third kappa shape index (κ3) is 5.12. The highest BCUT2D eigenvalue weighted by Gasteiger charge is 2.27. The number of aryl methyl sites for hydroxylation is 1. The number of carbonyl (C=O) groups excluding carboxylic acids is 1. The van der Waals surface area contributed by atoms with E-state index < -0.39 is 4.92 Å². The Balaban J connectivity index is 1.38. The molecule has 0 radical (unpaired) electrons. The van der Waals surface area contributed by atoms with Gasteiger partial charge >= 0.3 is 0 Å². The first-order valence-corrected chi connectivity index (χ1v) is 10.6. The van der Waals surface area contributed by atoms with Gasteiger partial charge < -0.3 is 9.84 Å². The van der Waals surface area contributed by atoms with E-state index in [4.69, 9.17) is 16.1 Å². The lowest BCUT2D eigenvalue weighted by atomic mass is 9.97. The lowest BCUT2D eigenvalue weighted by molar-refractivity contribution is -0.384. The van der Waals surface area contributed by atoms with E-state index >= 15 is 0 Å². The molecule has 1 aromatic heterocycles. The molecule has 32 heavy (non-hydrogen) atoms. The number of benzene rings is 2. The largest absolute Gasteiger partial charge is 0.338 e. The van der Waals surface area contributed by atoms with Gasteiger partial charge in [-0.1, -0.05) is 22.8 Å². The SMILES string of the molecule is Cc1ccc([N+](=O)[O-])cc1NC(=O)C1CCCN(Cc2nc(-c3ccc(Cl)cc3)no2)C1. The van der Waals surface area contributed by atoms with Crippen LogP contribution in [-0.4, -0.2) is 39.0 Å². The predicted octanol–water partition coefficient (Wildman–Crippen LogP) is 4.46. The molecule has 3 aromatic rings. The maximum atomic E-state index is 12.8. The maximum absolute atomic E-state index is 12.8. The molecule has 166 valence electrons. The van der Waals surface area contributed by atoms with Crippen LogP contribution in [0.2, 0.25) is 5.02 Å². The molecular weight excluding hydrogens is 434 g/mol. The fourth-order valence-corrected chi connectivity index (χ4v) is 3.86. The summed E-state index contributed by atoms with van der Waals surface area (Å²) in [5.74, 6) is 0.585. The number of amides is 1. The van der Waals surface area contributed by atoms with E-state index in [0.717, 1.165) is 30.5 Å². The van der Waals surface area contributed by atoms with Gasteiger partial charge in [-0.05, 0) is 56.1 Å². The number of carbonyl (C=O) groups is 1. The van der Waals surface area contributed by atoms with Crippen LogP contribution in [0.5, 0.6) is 0 Å². The Morgan fingerprint density at radius 3 is 2.84 bits per heavy atom. The van der Waals surface area contributed by atoms with Crippen LogP contribution < -0.4 is 5.32 Å². The number of nitrogens with one attached hydrogen (secondary N) is 1. The summed E-state index contributed by atoms with van der Waals surface area (Å²) in [5.41, 5.74) is 2.00. The molecule has 1 unspecified atom stereocenters. The van der Waals surface area contributed by atoms with Gasteiger partial charge in [0.15, 0.2) is 0 Å². The molecule has 1 N–H and O–H groups in total. The van der Waals surface area contributed by atoms with Crippen LogP contribution in [0.25, 0.3) is 11.4 Å². The highest BCUT2D eigenvalue weighted by atomic mass is 35.5. The zero-order valence-electron chi connectivity index (χ0n) is 17.5. The summed E-state index contributed by atoms with van der Waals surface area (Å²) >= 11 is 5.92. The van der Waals surface area contributed by atoms with Crippen molar-refractivity contribution in [3.05, 3.63) is 69.1 Å². The number of anilines is 1. The summed E-state index contributed by atoms with van der Waals surface area (Å²) in [4.78, 5) is 30.0. The molecule has 0 spiro atoms. The number of halogens is 1. The monoisotopic (exact) mass is 455 g/mol. The van der Waals surface area contributed by atoms with Crippen LogP contribution in [0.15, 0.2) is 47.0 Å². The minimum Gasteiger partial charge on any atom is -0.338 e. The first kappa shape index (κ1) is 21.9. The molecule has 0 saturated carbocycles. The van der Waals surface area contributed by atoms with Gasteiger partial charge in [-0.3, -0.25) is 19.8 Å². The van der Waals surface area contributed by atoms with Crippen molar-refractivity contribution in [2.45, 2.75) is 26.3 Å². The summed E-state index contributed by atoms with van der Waals surface area (Å²) in [6, 6.07) is 11.6. The Labute approximate surface area is 189 Å². The molecule has 0 aliphatic carbocycles. The minimum absolute atomic E-state index is 0.0518. The van der Waals surface area contributed by atoms with Crippen LogP contribution in [0.4, 0.5) is 11.4 Å². The van der Waals surface area contributed by atoms with Gasteiger partial charge in [-0.25, -0.2) is 0 Å². The summed E-state index contributed by atoms with van der Waals surface area (Å²) < 4.78 is 5.39. The molecule has 4 rings (SSSR count). The Kier molecular flexibility index (Phi) is 6.48. The molecule has 1 aliphatic rings. The number of rotatable bonds is 6. The van der Waals surface area contributed by atoms with Gasteiger partial charge in [0.25, 0.3) is 5.69 Å². The normalized spacial score (nSPS) is 16.6. The smallest absolute Gasteiger partial charge is 0.271 e. The Bertz CT molecular complexity index is 1130. The number of nitrogens with zero attached hydrogens (tertiary/aromatic N) is 4. The second kappa shape index (κ2) is 9.46. The van der Waals surface area contributed by atoms with Gasteiger partial charge in [0.1, 0.15) is 0 Å². The number of aromatic nitrogens is 2. The topological polar surface area (TPSA) is 114 Å². The summed E-state index contributed by atoms with van der Waals surface area (Å²) in [6.45, 7) is 3.61. The molecule has 1 atom stereocenters. The summed E-state index contributed by atoms with van der Waals surface area (Å²) in [6.07, 6.45) is 1.60. The van der Waals surface area contributed by atoms with Crippen LogP contribution in [0.3, 0.4) is 0 Å². The van der Waals surface area contributed by atoms with Gasteiger partial charge in [0.05, 0.1) is 23.1 Å². The van der Waals surface area contributed by atoms with Crippen LogP contribution in [-0.2, 0) is 11.3 Å². The van der Waals surface area contributed by atoms with E-state index in [-0.39, 0.29) is 17.5 Å². The molecule has 2 heterocycles. The standard InChI is InChI=1S/C22H22ClN5O4/c1-14-4-9-18(28(30)31)11-19(14)24-22(29)16-3-2-10-27(12-16)13-20-25-21(26-32-20)15-5-7-17(23)8-6-15/h4-9,11,16H,2-3,10,12-13H2,1H3,(H,24,29). The maximum Gasteiger partial charge on any atom is 0.271 e. The van der Waals surface area contributed by atoms with Gasteiger partial charge in [0.2, 0.25) is 17.6 Å². The van der Waals surface area contributed by atoms with Crippen molar-refractivity contribution in [1.82, 2.24) is 15.0 Å². The third-order valence-electron chi connectivity index (χ3n) is 5.50. The molecule has 2 aromatic carbocycles. The quantitative estimate of drug-likeness (QED) is 0.431. The highest BCUT2D eigenvalue weighted by molar-refractivity contribution is 6.30. The summed E-state index contributed by atoms with van der Waals surface area (Å²) in [5, 5.41) is 18.6. The van der Waals surface area contributed by atoms with Crippen LogP contribution in [0, 0.1) is 23.0 Å². The predicted molar refractivity (Wildman–Crippen MR) is 119 cm³/mol. The fourth-order valence-electron chi connectivity index (χ4n) is 3.73. The van der Waals surface area contributed by atoms with E-state index in [1.165, 1.54) is 12.1 Å². The highest BCUT2D eigenvalue weighted by Crippen LogP contribution is 2.25. The Hall–Kier alpha value is -3.30. The lowest BCUT2D eigenvalue weighted by Crippen LogP contribution is -2.40. The second-order valence-electron chi connectivity index (χ2n) is 7.84. The van der Waals surface area contributed by atoms with Gasteiger partial charge in [-0.2, -0.15) is 4.98 Å². The Morgan fingerprint density at radius 2 is 2.09 bits per heavy atom. The molecule has 1 fully saturated rings. The first-order chi connectivity index (χ1) is 15.4. The van der Waals surface area contributed by atoms with Crippen molar-refractivity contribution >= 4 is 28.9 Å². The van der Waals surface area contributed by atoms with Crippen molar-refractivity contribution < 1.29 is 14.2 Å². The van der Waals surface area contributed by atoms with Crippen molar-refractivity contribution in [3.63, 3.8) is 0 Å². The number of non-ortho nitro benzene ring substituents is 1. The zero-order chi connectivity index (χ0) is 22.7. The molecule has 9 nitrogen and oxygen atoms in total. The van der Waals surface area contributed by atoms with Crippen molar-refractivity contribution in [3.8, 4) is 11.4 Å². The van der Waals surface area contributed by atoms with Crippen molar-refractivity contribution in [1.29, 1.82) is 0 Å². The van der Waals surface area contributed by atoms with E-state index in [1.54, 1.807) is 25.1 Å². The van der Waals surface area contributed by atoms with Gasteiger partial charge in [-0.15, -0.1) is 0 Å². The van der Waals surface area contributed by atoms with E-state index in [1.807, 2.05) is 12.1 Å². The average molecular weight is 456 g/mol. The number of nitro benzene ring substituents is 1. The van der Waals surface area contributed by atoms with Crippen LogP contribution >= 0.6 is 11.6 Å².